The number of nitrogens with zero attached hydrogens (tertiary/aromatic N) is 2. The van der Waals surface area contributed by atoms with Crippen LogP contribution < -0.4 is 5.43 Å². The van der Waals surface area contributed by atoms with Crippen molar-refractivity contribution in [3.05, 3.63) is 34.1 Å². The summed E-state index contributed by atoms with van der Waals surface area (Å²) in [5.41, 5.74) is 2.28. The molecular formula is C10H11N3O4. The molecule has 0 atom stereocenters. The zero-order valence-electron chi connectivity index (χ0n) is 9.12. The van der Waals surface area contributed by atoms with Crippen LogP contribution in [0.2, 0.25) is 0 Å². The van der Waals surface area contributed by atoms with Gasteiger partial charge in [0.15, 0.2) is 0 Å². The molecule has 7 nitrogen and oxygen atoms in total. The summed E-state index contributed by atoms with van der Waals surface area (Å²) in [4.78, 5) is 20.5. The van der Waals surface area contributed by atoms with Gasteiger partial charge < -0.3 is 4.42 Å². The van der Waals surface area contributed by atoms with Crippen LogP contribution in [0.25, 0.3) is 6.08 Å². The highest BCUT2D eigenvalue weighted by Crippen LogP contribution is 2.16. The lowest BCUT2D eigenvalue weighted by atomic mass is 10.4. The molecule has 0 aliphatic heterocycles. The van der Waals surface area contributed by atoms with Gasteiger partial charge in [-0.2, -0.15) is 5.10 Å². The van der Waals surface area contributed by atoms with Gasteiger partial charge in [0.2, 0.25) is 5.91 Å². The summed E-state index contributed by atoms with van der Waals surface area (Å²) in [5.74, 6) is -0.172. The van der Waals surface area contributed by atoms with Crippen LogP contribution >= 0.6 is 0 Å². The van der Waals surface area contributed by atoms with Gasteiger partial charge in [0.05, 0.1) is 6.07 Å². The van der Waals surface area contributed by atoms with Crippen molar-refractivity contribution in [2.24, 2.45) is 5.10 Å². The molecule has 0 fully saturated rings. The van der Waals surface area contributed by atoms with Gasteiger partial charge >= 0.3 is 5.88 Å². The van der Waals surface area contributed by atoms with Crippen LogP contribution in [0.1, 0.15) is 19.1 Å². The minimum atomic E-state index is -0.618. The quantitative estimate of drug-likeness (QED) is 0.478. The van der Waals surface area contributed by atoms with Crippen molar-refractivity contribution < 1.29 is 14.1 Å². The van der Waals surface area contributed by atoms with Crippen LogP contribution in [0, 0.1) is 10.1 Å². The molecule has 1 rings (SSSR count). The summed E-state index contributed by atoms with van der Waals surface area (Å²) in [7, 11) is 0. The summed E-state index contributed by atoms with van der Waals surface area (Å²) in [5, 5.41) is 13.9. The van der Waals surface area contributed by atoms with E-state index in [4.69, 9.17) is 4.42 Å². The zero-order chi connectivity index (χ0) is 12.7. The molecule has 0 bridgehead atoms. The number of hydrogen-bond acceptors (Lipinski definition) is 5. The summed E-state index contributed by atoms with van der Waals surface area (Å²) < 4.78 is 4.86. The van der Waals surface area contributed by atoms with Gasteiger partial charge in [0, 0.05) is 12.6 Å². The Morgan fingerprint density at radius 2 is 2.41 bits per heavy atom. The average Bonchev–Trinajstić information content (AvgIpc) is 2.77. The van der Waals surface area contributed by atoms with E-state index in [-0.39, 0.29) is 11.8 Å². The molecule has 0 unspecified atom stereocenters. The molecule has 1 aromatic heterocycles. The van der Waals surface area contributed by atoms with Crippen molar-refractivity contribution in [3.8, 4) is 0 Å². The van der Waals surface area contributed by atoms with Crippen molar-refractivity contribution in [2.75, 3.05) is 0 Å². The Morgan fingerprint density at radius 3 is 3.00 bits per heavy atom. The molecule has 7 heteroatoms. The Labute approximate surface area is 97.0 Å². The number of amides is 1. The first-order chi connectivity index (χ1) is 8.13. The first-order valence-corrected chi connectivity index (χ1v) is 4.86. The van der Waals surface area contributed by atoms with Crippen molar-refractivity contribution in [2.45, 2.75) is 13.3 Å². The van der Waals surface area contributed by atoms with Crippen LogP contribution in [-0.4, -0.2) is 17.0 Å². The number of furan rings is 1. The average molecular weight is 237 g/mol. The number of nitrogens with one attached hydrogen (secondary N) is 1. The molecular weight excluding hydrogens is 226 g/mol. The maximum absolute atomic E-state index is 10.8. The number of rotatable bonds is 5. The summed E-state index contributed by atoms with van der Waals surface area (Å²) in [6, 6.07) is 2.72. The monoisotopic (exact) mass is 237 g/mol. The molecule has 90 valence electrons. The Morgan fingerprint density at radius 1 is 1.65 bits per heavy atom. The Kier molecular flexibility index (Phi) is 4.61. The fourth-order valence-corrected chi connectivity index (χ4v) is 0.899. The second-order valence-electron chi connectivity index (χ2n) is 2.96. The normalized spacial score (nSPS) is 11.1. The molecule has 1 heterocycles. The molecule has 0 aliphatic carbocycles. The van der Waals surface area contributed by atoms with E-state index in [1.54, 1.807) is 6.92 Å². The smallest absolute Gasteiger partial charge is 0.401 e. The van der Waals surface area contributed by atoms with Gasteiger partial charge in [-0.25, -0.2) is 5.43 Å². The number of nitro groups is 1. The first kappa shape index (κ1) is 12.6. The standard InChI is InChI=1S/C10H11N3O4/c1-2-9(14)12-11-7-3-4-8-5-6-10(17-8)13(15)16/h3-7H,2H2,1H3,(H,12,14)/b4-3+,11-7+. The summed E-state index contributed by atoms with van der Waals surface area (Å²) in [6.45, 7) is 1.71. The minimum Gasteiger partial charge on any atom is -0.401 e. The maximum Gasteiger partial charge on any atom is 0.433 e. The first-order valence-electron chi connectivity index (χ1n) is 4.86. The number of carbonyl (C=O) groups is 1. The number of carbonyl (C=O) groups excluding carboxylic acids is 1. The van der Waals surface area contributed by atoms with Crippen molar-refractivity contribution in [3.63, 3.8) is 0 Å². The van der Waals surface area contributed by atoms with E-state index >= 15 is 0 Å². The van der Waals surface area contributed by atoms with E-state index in [1.807, 2.05) is 0 Å². The maximum atomic E-state index is 10.8. The van der Waals surface area contributed by atoms with Crippen LogP contribution in [0.15, 0.2) is 27.7 Å². The molecule has 0 aliphatic rings. The molecule has 17 heavy (non-hydrogen) atoms. The lowest BCUT2D eigenvalue weighted by Gasteiger charge is -1.90. The topological polar surface area (TPSA) is 97.7 Å². The third kappa shape index (κ3) is 4.29. The molecule has 0 aromatic carbocycles. The van der Waals surface area contributed by atoms with Crippen molar-refractivity contribution >= 4 is 24.1 Å². The SMILES string of the molecule is CCC(=O)N/N=C/C=C/c1ccc([N+](=O)[O-])o1. The van der Waals surface area contributed by atoms with Crippen LogP contribution in [0.3, 0.4) is 0 Å². The fourth-order valence-electron chi connectivity index (χ4n) is 0.899. The number of hydrazone groups is 1. The second-order valence-corrected chi connectivity index (χ2v) is 2.96. The van der Waals surface area contributed by atoms with Crippen LogP contribution in [0.4, 0.5) is 5.88 Å². The largest absolute Gasteiger partial charge is 0.433 e. The molecule has 0 saturated carbocycles. The highest BCUT2D eigenvalue weighted by Gasteiger charge is 2.09. The van der Waals surface area contributed by atoms with Crippen LogP contribution in [0.5, 0.6) is 0 Å². The minimum absolute atomic E-state index is 0.191. The Hall–Kier alpha value is -2.44. The van der Waals surface area contributed by atoms with Crippen molar-refractivity contribution in [1.82, 2.24) is 5.43 Å². The second kappa shape index (κ2) is 6.21. The van der Waals surface area contributed by atoms with E-state index in [0.717, 1.165) is 0 Å². The summed E-state index contributed by atoms with van der Waals surface area (Å²) in [6.07, 6.45) is 4.69. The molecule has 1 aromatic rings. The van der Waals surface area contributed by atoms with E-state index in [9.17, 15) is 14.9 Å². The fraction of sp³-hybridized carbons (Fsp3) is 0.200. The molecule has 1 N–H and O–H groups in total. The van der Waals surface area contributed by atoms with Gasteiger partial charge in [0.1, 0.15) is 10.7 Å². The molecule has 0 spiro atoms. The third-order valence-corrected chi connectivity index (χ3v) is 1.72. The van der Waals surface area contributed by atoms with Gasteiger partial charge in [-0.3, -0.25) is 14.9 Å². The highest BCUT2D eigenvalue weighted by atomic mass is 16.6. The lowest BCUT2D eigenvalue weighted by molar-refractivity contribution is -0.402. The van der Waals surface area contributed by atoms with E-state index in [1.165, 1.54) is 30.5 Å². The highest BCUT2D eigenvalue weighted by molar-refractivity contribution is 5.80. The zero-order valence-corrected chi connectivity index (χ0v) is 9.12. The van der Waals surface area contributed by atoms with Gasteiger partial charge in [-0.15, -0.1) is 0 Å². The molecule has 0 radical (unpaired) electrons. The molecule has 1 amide bonds. The predicted octanol–water partition coefficient (Wildman–Crippen LogP) is 1.71. The van der Waals surface area contributed by atoms with E-state index in [2.05, 4.69) is 10.5 Å². The number of hydrogen-bond donors (Lipinski definition) is 1. The van der Waals surface area contributed by atoms with E-state index in [0.29, 0.717) is 12.2 Å². The number of allylic oxidation sites excluding steroid dienone is 1. The van der Waals surface area contributed by atoms with Crippen LogP contribution in [-0.2, 0) is 4.79 Å². The van der Waals surface area contributed by atoms with Gasteiger partial charge in [-0.1, -0.05) is 6.92 Å². The van der Waals surface area contributed by atoms with Crippen molar-refractivity contribution in [1.29, 1.82) is 0 Å². The van der Waals surface area contributed by atoms with Gasteiger partial charge in [0.25, 0.3) is 0 Å². The lowest BCUT2D eigenvalue weighted by Crippen LogP contribution is -2.15. The third-order valence-electron chi connectivity index (χ3n) is 1.72. The molecule has 0 saturated heterocycles. The predicted molar refractivity (Wildman–Crippen MR) is 61.3 cm³/mol. The Balaban J connectivity index is 2.47. The van der Waals surface area contributed by atoms with E-state index < -0.39 is 4.92 Å². The van der Waals surface area contributed by atoms with Gasteiger partial charge in [-0.05, 0) is 18.2 Å². The Bertz CT molecular complexity index is 462. The summed E-state index contributed by atoms with van der Waals surface area (Å²) >= 11 is 0.